The molecule has 2 heterocycles. The lowest BCUT2D eigenvalue weighted by molar-refractivity contribution is 0.446. The summed E-state index contributed by atoms with van der Waals surface area (Å²) in [7, 11) is 0. The molecule has 1 unspecified atom stereocenters. The lowest BCUT2D eigenvalue weighted by Crippen LogP contribution is -2.29. The van der Waals surface area contributed by atoms with Crippen LogP contribution in [0.4, 0.5) is 4.39 Å². The van der Waals surface area contributed by atoms with E-state index in [0.717, 1.165) is 48.7 Å². The first kappa shape index (κ1) is 18.8. The SMILES string of the molecule is Cc1cc(-c2cccc(F)c2)nc(C2CCCNC2)n1.Cl.Cl. The van der Waals surface area contributed by atoms with Crippen LogP contribution in [0.3, 0.4) is 0 Å². The fourth-order valence-electron chi connectivity index (χ4n) is 2.64. The summed E-state index contributed by atoms with van der Waals surface area (Å²) in [6, 6.07) is 8.47. The topological polar surface area (TPSA) is 37.8 Å². The number of piperidine rings is 1. The fourth-order valence-corrected chi connectivity index (χ4v) is 2.64. The number of aryl methyl sites for hydroxylation is 1. The predicted molar refractivity (Wildman–Crippen MR) is 91.5 cm³/mol. The second kappa shape index (κ2) is 8.42. The summed E-state index contributed by atoms with van der Waals surface area (Å²) in [5, 5.41) is 3.38. The Hall–Kier alpha value is -1.23. The molecule has 2 aromatic rings. The van der Waals surface area contributed by atoms with Gasteiger partial charge in [0.25, 0.3) is 0 Å². The molecule has 1 saturated heterocycles. The average molecular weight is 344 g/mol. The van der Waals surface area contributed by atoms with Gasteiger partial charge >= 0.3 is 0 Å². The zero-order valence-corrected chi connectivity index (χ0v) is 14.0. The Morgan fingerprint density at radius 2 is 2.00 bits per heavy atom. The molecule has 120 valence electrons. The lowest BCUT2D eigenvalue weighted by Gasteiger charge is -2.22. The number of nitrogens with zero attached hydrogens (tertiary/aromatic N) is 2. The Morgan fingerprint density at radius 3 is 2.68 bits per heavy atom. The van der Waals surface area contributed by atoms with Crippen molar-refractivity contribution in [3.05, 3.63) is 47.7 Å². The molecule has 1 atom stereocenters. The van der Waals surface area contributed by atoms with Gasteiger partial charge in [-0.3, -0.25) is 0 Å². The van der Waals surface area contributed by atoms with Gasteiger partial charge in [0.15, 0.2) is 0 Å². The van der Waals surface area contributed by atoms with Crippen molar-refractivity contribution in [1.29, 1.82) is 0 Å². The van der Waals surface area contributed by atoms with Crippen molar-refractivity contribution in [3.63, 3.8) is 0 Å². The number of hydrogen-bond donors (Lipinski definition) is 1. The zero-order valence-electron chi connectivity index (χ0n) is 12.4. The van der Waals surface area contributed by atoms with Gasteiger partial charge in [-0.25, -0.2) is 14.4 Å². The Morgan fingerprint density at radius 1 is 1.18 bits per heavy atom. The Bertz CT molecular complexity index is 616. The third kappa shape index (κ3) is 4.38. The van der Waals surface area contributed by atoms with E-state index in [1.807, 2.05) is 19.1 Å². The first-order chi connectivity index (χ1) is 9.72. The highest BCUT2D eigenvalue weighted by atomic mass is 35.5. The van der Waals surface area contributed by atoms with Crippen LogP contribution in [0.1, 0.15) is 30.3 Å². The van der Waals surface area contributed by atoms with E-state index < -0.39 is 0 Å². The Balaban J connectivity index is 0.00000121. The quantitative estimate of drug-likeness (QED) is 0.898. The van der Waals surface area contributed by atoms with Gasteiger partial charge in [-0.1, -0.05) is 12.1 Å². The summed E-state index contributed by atoms with van der Waals surface area (Å²) in [5.41, 5.74) is 2.54. The Labute approximate surface area is 142 Å². The van der Waals surface area contributed by atoms with E-state index in [2.05, 4.69) is 15.3 Å². The lowest BCUT2D eigenvalue weighted by atomic mass is 9.98. The molecule has 1 N–H and O–H groups in total. The smallest absolute Gasteiger partial charge is 0.133 e. The van der Waals surface area contributed by atoms with Gasteiger partial charge in [0.1, 0.15) is 11.6 Å². The highest BCUT2D eigenvalue weighted by Crippen LogP contribution is 2.24. The number of halogens is 3. The summed E-state index contributed by atoms with van der Waals surface area (Å²) >= 11 is 0. The van der Waals surface area contributed by atoms with Gasteiger partial charge < -0.3 is 5.32 Å². The van der Waals surface area contributed by atoms with Gasteiger partial charge in [-0.2, -0.15) is 0 Å². The molecule has 0 radical (unpaired) electrons. The van der Waals surface area contributed by atoms with Crippen molar-refractivity contribution >= 4 is 24.8 Å². The monoisotopic (exact) mass is 343 g/mol. The van der Waals surface area contributed by atoms with Crippen molar-refractivity contribution in [2.75, 3.05) is 13.1 Å². The van der Waals surface area contributed by atoms with Gasteiger partial charge in [-0.05, 0) is 44.5 Å². The number of benzene rings is 1. The first-order valence-electron chi connectivity index (χ1n) is 7.04. The third-order valence-electron chi connectivity index (χ3n) is 3.65. The van der Waals surface area contributed by atoms with Crippen molar-refractivity contribution in [2.24, 2.45) is 0 Å². The molecule has 3 nitrogen and oxygen atoms in total. The average Bonchev–Trinajstić information content (AvgIpc) is 2.47. The van der Waals surface area contributed by atoms with Crippen LogP contribution >= 0.6 is 24.8 Å². The van der Waals surface area contributed by atoms with E-state index in [0.29, 0.717) is 5.92 Å². The van der Waals surface area contributed by atoms with Crippen LogP contribution in [-0.2, 0) is 0 Å². The third-order valence-corrected chi connectivity index (χ3v) is 3.65. The summed E-state index contributed by atoms with van der Waals surface area (Å²) in [6.45, 7) is 3.95. The van der Waals surface area contributed by atoms with Crippen LogP contribution in [0.5, 0.6) is 0 Å². The number of hydrogen-bond acceptors (Lipinski definition) is 3. The second-order valence-corrected chi connectivity index (χ2v) is 5.31. The van der Waals surface area contributed by atoms with Crippen molar-refractivity contribution in [1.82, 2.24) is 15.3 Å². The molecule has 22 heavy (non-hydrogen) atoms. The van der Waals surface area contributed by atoms with Gasteiger partial charge in [-0.15, -0.1) is 24.8 Å². The minimum Gasteiger partial charge on any atom is -0.316 e. The van der Waals surface area contributed by atoms with Gasteiger partial charge in [0, 0.05) is 23.7 Å². The highest BCUT2D eigenvalue weighted by molar-refractivity contribution is 5.85. The first-order valence-corrected chi connectivity index (χ1v) is 7.04. The van der Waals surface area contributed by atoms with Gasteiger partial charge in [0.05, 0.1) is 5.69 Å². The van der Waals surface area contributed by atoms with Crippen LogP contribution in [0.15, 0.2) is 30.3 Å². The van der Waals surface area contributed by atoms with E-state index in [-0.39, 0.29) is 30.6 Å². The number of rotatable bonds is 2. The largest absolute Gasteiger partial charge is 0.316 e. The minimum absolute atomic E-state index is 0. The zero-order chi connectivity index (χ0) is 13.9. The highest BCUT2D eigenvalue weighted by Gasteiger charge is 2.19. The summed E-state index contributed by atoms with van der Waals surface area (Å²) in [5.74, 6) is 0.993. The maximum Gasteiger partial charge on any atom is 0.133 e. The predicted octanol–water partition coefficient (Wildman–Crippen LogP) is 3.90. The molecule has 3 rings (SSSR count). The van der Waals surface area contributed by atoms with Crippen LogP contribution in [0, 0.1) is 12.7 Å². The molecule has 6 heteroatoms. The maximum atomic E-state index is 13.4. The molecule has 0 amide bonds. The molecule has 1 aromatic heterocycles. The molecule has 0 spiro atoms. The molecule has 1 aliphatic rings. The number of nitrogens with one attached hydrogen (secondary N) is 1. The molecular formula is C16H20Cl2FN3. The minimum atomic E-state index is -0.236. The van der Waals surface area contributed by atoms with Gasteiger partial charge in [0.2, 0.25) is 0 Å². The van der Waals surface area contributed by atoms with Crippen LogP contribution < -0.4 is 5.32 Å². The van der Waals surface area contributed by atoms with Crippen molar-refractivity contribution < 1.29 is 4.39 Å². The van der Waals surface area contributed by atoms with E-state index in [1.54, 1.807) is 6.07 Å². The van der Waals surface area contributed by atoms with Crippen molar-refractivity contribution in [2.45, 2.75) is 25.7 Å². The van der Waals surface area contributed by atoms with E-state index >= 15 is 0 Å². The summed E-state index contributed by atoms with van der Waals surface area (Å²) in [6.07, 6.45) is 2.26. The normalized spacial score (nSPS) is 17.3. The standard InChI is InChI=1S/C16H18FN3.2ClH/c1-11-8-15(12-4-2-6-14(17)9-12)20-16(19-11)13-5-3-7-18-10-13;;/h2,4,6,8-9,13,18H,3,5,7,10H2,1H3;2*1H. The fraction of sp³-hybridized carbons (Fsp3) is 0.375. The Kier molecular flexibility index (Phi) is 7.20. The molecule has 0 aliphatic carbocycles. The second-order valence-electron chi connectivity index (χ2n) is 5.31. The number of aromatic nitrogens is 2. The van der Waals surface area contributed by atoms with Crippen LogP contribution in [0.2, 0.25) is 0 Å². The molecule has 0 bridgehead atoms. The van der Waals surface area contributed by atoms with Crippen LogP contribution in [0.25, 0.3) is 11.3 Å². The maximum absolute atomic E-state index is 13.4. The molecule has 1 aromatic carbocycles. The molecular weight excluding hydrogens is 324 g/mol. The molecule has 1 aliphatic heterocycles. The van der Waals surface area contributed by atoms with E-state index in [9.17, 15) is 4.39 Å². The summed E-state index contributed by atoms with van der Waals surface area (Å²) < 4.78 is 13.4. The summed E-state index contributed by atoms with van der Waals surface area (Å²) in [4.78, 5) is 9.21. The van der Waals surface area contributed by atoms with Crippen molar-refractivity contribution in [3.8, 4) is 11.3 Å². The molecule has 1 fully saturated rings. The molecule has 0 saturated carbocycles. The van der Waals surface area contributed by atoms with E-state index in [4.69, 9.17) is 0 Å². The van der Waals surface area contributed by atoms with Crippen LogP contribution in [-0.4, -0.2) is 23.1 Å². The van der Waals surface area contributed by atoms with E-state index in [1.165, 1.54) is 12.1 Å².